The molecule has 2 aromatic carbocycles. The quantitative estimate of drug-likeness (QED) is 0.233. The molecule has 1 atom stereocenters. The molecule has 0 radical (unpaired) electrons. The average molecular weight is 484 g/mol. The van der Waals surface area contributed by atoms with Gasteiger partial charge in [0.05, 0.1) is 10.1 Å². The number of amides is 3. The van der Waals surface area contributed by atoms with Crippen molar-refractivity contribution in [1.82, 2.24) is 0 Å². The van der Waals surface area contributed by atoms with Crippen molar-refractivity contribution in [2.24, 2.45) is 4.99 Å². The van der Waals surface area contributed by atoms with E-state index in [0.29, 0.717) is 17.8 Å². The van der Waals surface area contributed by atoms with Crippen LogP contribution in [0.25, 0.3) is 0 Å². The third-order valence-corrected chi connectivity index (χ3v) is 4.11. The third kappa shape index (κ3) is 7.07. The third-order valence-electron chi connectivity index (χ3n) is 4.02. The number of halogens is 3. The van der Waals surface area contributed by atoms with Crippen molar-refractivity contribution in [2.45, 2.75) is 18.7 Å². The van der Waals surface area contributed by atoms with Crippen molar-refractivity contribution in [1.29, 1.82) is 0 Å². The molecule has 33 heavy (non-hydrogen) atoms. The number of hydrogen-bond donors (Lipinski definition) is 3. The summed E-state index contributed by atoms with van der Waals surface area (Å²) in [4.78, 5) is 36.5. The Labute approximate surface area is 189 Å². The fourth-order valence-electron chi connectivity index (χ4n) is 2.38. The number of aliphatic imine (C=N–C) groups is 1. The number of nitrogens with one attached hydrogen (secondary N) is 2. The van der Waals surface area contributed by atoms with Crippen LogP contribution in [0, 0.1) is 10.1 Å². The zero-order valence-electron chi connectivity index (χ0n) is 16.7. The molecule has 3 N–H and O–H groups in total. The van der Waals surface area contributed by atoms with Gasteiger partial charge >= 0.3 is 12.2 Å². The first-order valence-corrected chi connectivity index (χ1v) is 9.25. The molecular weight excluding hydrogens is 469 g/mol. The van der Waals surface area contributed by atoms with Crippen LogP contribution in [-0.4, -0.2) is 39.3 Å². The number of nitro groups is 1. The molecule has 0 heterocycles. The number of anilines is 2. The van der Waals surface area contributed by atoms with Crippen molar-refractivity contribution in [2.75, 3.05) is 17.2 Å². The Bertz CT molecular complexity index is 1120. The van der Waals surface area contributed by atoms with Crippen LogP contribution in [0.5, 0.6) is 5.75 Å². The van der Waals surface area contributed by atoms with Gasteiger partial charge in [-0.3, -0.25) is 14.9 Å². The Morgan fingerprint density at radius 3 is 2.33 bits per heavy atom. The first kappa shape index (κ1) is 25.4. The standard InChI is InChI=1S/C19H15F3N4O6S/c1-18(29,9-32-13-5-2-11(3-6-13)25-17(28)23-10-33)16(27)24-12-4-7-15(26(30)31)14(8-12)19(20,21)22/h2-8,29H,9H2,1H3,(H,24,27)(H,25,28)/t18-/m0/s1. The highest BCUT2D eigenvalue weighted by Crippen LogP contribution is 2.37. The lowest BCUT2D eigenvalue weighted by Crippen LogP contribution is -2.45. The number of ether oxygens (including phenoxy) is 1. The van der Waals surface area contributed by atoms with E-state index >= 15 is 0 Å². The Balaban J connectivity index is 2.06. The molecule has 2 rings (SSSR count). The first-order valence-electron chi connectivity index (χ1n) is 8.84. The molecule has 14 heteroatoms. The van der Waals surface area contributed by atoms with E-state index in [4.69, 9.17) is 4.74 Å². The first-order chi connectivity index (χ1) is 15.3. The van der Waals surface area contributed by atoms with Gasteiger partial charge in [-0.2, -0.15) is 13.2 Å². The van der Waals surface area contributed by atoms with Gasteiger partial charge in [-0.15, -0.1) is 4.99 Å². The van der Waals surface area contributed by atoms with Gasteiger partial charge in [-0.05, 0) is 55.5 Å². The highest BCUT2D eigenvalue weighted by molar-refractivity contribution is 7.78. The SMILES string of the molecule is C[C@](O)(COc1ccc(NC(=O)N=C=S)cc1)C(=O)Nc1ccc([N+](=O)[O-])c(C(F)(F)F)c1. The van der Waals surface area contributed by atoms with Crippen molar-refractivity contribution in [3.63, 3.8) is 0 Å². The zero-order chi connectivity index (χ0) is 24.8. The highest BCUT2D eigenvalue weighted by atomic mass is 32.1. The molecule has 0 bridgehead atoms. The molecule has 0 spiro atoms. The fraction of sp³-hybridized carbons (Fsp3) is 0.211. The molecular formula is C19H15F3N4O6S. The molecule has 0 saturated carbocycles. The van der Waals surface area contributed by atoms with Gasteiger partial charge < -0.3 is 20.5 Å². The number of thiocarbonyl (C=S) groups is 1. The Hall–Kier alpha value is -3.87. The second-order valence-corrected chi connectivity index (χ2v) is 6.84. The van der Waals surface area contributed by atoms with Crippen molar-refractivity contribution in [3.05, 3.63) is 58.1 Å². The number of isothiocyanates is 1. The molecule has 0 fully saturated rings. The number of carbonyl (C=O) groups excluding carboxylic acids is 2. The van der Waals surface area contributed by atoms with E-state index in [1.807, 2.05) is 5.16 Å². The molecule has 0 aliphatic rings. The largest absolute Gasteiger partial charge is 0.490 e. The van der Waals surface area contributed by atoms with Crippen LogP contribution in [0.2, 0.25) is 0 Å². The summed E-state index contributed by atoms with van der Waals surface area (Å²) in [6.07, 6.45) is -5.03. The molecule has 3 amide bonds. The van der Waals surface area contributed by atoms with Crippen LogP contribution < -0.4 is 15.4 Å². The molecule has 0 aromatic heterocycles. The second kappa shape index (κ2) is 10.2. The minimum atomic E-state index is -5.03. The summed E-state index contributed by atoms with van der Waals surface area (Å²) < 4.78 is 44.6. The highest BCUT2D eigenvalue weighted by Gasteiger charge is 2.39. The van der Waals surface area contributed by atoms with Crippen LogP contribution >= 0.6 is 12.2 Å². The van der Waals surface area contributed by atoms with Gasteiger partial charge in [0.2, 0.25) is 0 Å². The minimum absolute atomic E-state index is 0.203. The average Bonchev–Trinajstić information content (AvgIpc) is 2.72. The lowest BCUT2D eigenvalue weighted by Gasteiger charge is -2.23. The molecule has 0 aliphatic carbocycles. The van der Waals surface area contributed by atoms with E-state index in [2.05, 4.69) is 27.8 Å². The lowest BCUT2D eigenvalue weighted by molar-refractivity contribution is -0.388. The van der Waals surface area contributed by atoms with Crippen LogP contribution in [0.3, 0.4) is 0 Å². The van der Waals surface area contributed by atoms with Gasteiger partial charge in [0.1, 0.15) is 17.9 Å². The number of urea groups is 1. The van der Waals surface area contributed by atoms with E-state index in [1.165, 1.54) is 24.3 Å². The summed E-state index contributed by atoms with van der Waals surface area (Å²) in [6.45, 7) is 0.481. The summed E-state index contributed by atoms with van der Waals surface area (Å²) in [7, 11) is 0. The van der Waals surface area contributed by atoms with Crippen molar-refractivity contribution in [3.8, 4) is 5.75 Å². The number of benzene rings is 2. The summed E-state index contributed by atoms with van der Waals surface area (Å²) in [5.41, 5.74) is -4.96. The van der Waals surface area contributed by atoms with E-state index in [9.17, 15) is 38.0 Å². The monoisotopic (exact) mass is 484 g/mol. The topological polar surface area (TPSA) is 143 Å². The molecule has 0 unspecified atom stereocenters. The molecule has 10 nitrogen and oxygen atoms in total. The van der Waals surface area contributed by atoms with E-state index < -0.39 is 52.2 Å². The van der Waals surface area contributed by atoms with Crippen molar-refractivity contribution >= 4 is 46.4 Å². The molecule has 0 aliphatic heterocycles. The number of nitro benzene ring substituents is 1. The van der Waals surface area contributed by atoms with E-state index in [0.717, 1.165) is 13.0 Å². The second-order valence-electron chi connectivity index (χ2n) is 6.66. The number of carbonyl (C=O) groups is 2. The van der Waals surface area contributed by atoms with E-state index in [-0.39, 0.29) is 5.75 Å². The van der Waals surface area contributed by atoms with Crippen LogP contribution in [0.1, 0.15) is 12.5 Å². The molecule has 0 saturated heterocycles. The lowest BCUT2D eigenvalue weighted by atomic mass is 10.1. The van der Waals surface area contributed by atoms with E-state index in [1.54, 1.807) is 0 Å². The molecule has 2 aromatic rings. The number of aliphatic hydroxyl groups is 1. The molecule has 174 valence electrons. The van der Waals surface area contributed by atoms with Crippen LogP contribution in [0.4, 0.5) is 35.0 Å². The van der Waals surface area contributed by atoms with Crippen LogP contribution in [-0.2, 0) is 11.0 Å². The maximum Gasteiger partial charge on any atom is 0.423 e. The smallest absolute Gasteiger partial charge is 0.423 e. The van der Waals surface area contributed by atoms with Gasteiger partial charge in [-0.25, -0.2) is 4.79 Å². The normalized spacial score (nSPS) is 12.6. The summed E-state index contributed by atoms with van der Waals surface area (Å²) in [5.74, 6) is -0.902. The maximum absolute atomic E-state index is 13.1. The fourth-order valence-corrected chi connectivity index (χ4v) is 2.47. The Morgan fingerprint density at radius 2 is 1.79 bits per heavy atom. The zero-order valence-corrected chi connectivity index (χ0v) is 17.5. The maximum atomic E-state index is 13.1. The predicted molar refractivity (Wildman–Crippen MR) is 113 cm³/mol. The number of hydrogen-bond acceptors (Lipinski definition) is 7. The number of rotatable bonds is 7. The Morgan fingerprint density at radius 1 is 1.18 bits per heavy atom. The summed E-state index contributed by atoms with van der Waals surface area (Å²) in [6, 6.07) is 6.87. The van der Waals surface area contributed by atoms with Gasteiger partial charge in [0.25, 0.3) is 11.6 Å². The Kier molecular flexibility index (Phi) is 7.82. The van der Waals surface area contributed by atoms with Gasteiger partial charge in [0, 0.05) is 17.4 Å². The summed E-state index contributed by atoms with van der Waals surface area (Å²) >= 11 is 4.30. The minimum Gasteiger partial charge on any atom is -0.490 e. The van der Waals surface area contributed by atoms with Gasteiger partial charge in [0.15, 0.2) is 5.60 Å². The number of alkyl halides is 3. The predicted octanol–water partition coefficient (Wildman–Crippen LogP) is 4.02. The van der Waals surface area contributed by atoms with Gasteiger partial charge in [-0.1, -0.05) is 0 Å². The van der Waals surface area contributed by atoms with Crippen LogP contribution in [0.15, 0.2) is 47.5 Å². The number of nitrogens with zero attached hydrogens (tertiary/aromatic N) is 2. The summed E-state index contributed by atoms with van der Waals surface area (Å²) in [5, 5.41) is 27.5. The van der Waals surface area contributed by atoms with Crippen molar-refractivity contribution < 1.29 is 37.5 Å².